The van der Waals surface area contributed by atoms with E-state index < -0.39 is 30.1 Å². The van der Waals surface area contributed by atoms with Gasteiger partial charge in [0.1, 0.15) is 5.75 Å². The Balaban J connectivity index is 1.25. The number of likely N-dealkylation sites (tertiary alicyclic amines) is 2. The van der Waals surface area contributed by atoms with Crippen molar-refractivity contribution < 1.29 is 32.7 Å². The maximum atomic E-state index is 12.9. The summed E-state index contributed by atoms with van der Waals surface area (Å²) in [6.07, 6.45) is -2.04. The number of carbonyl (C=O) groups excluding carboxylic acids is 3. The summed E-state index contributed by atoms with van der Waals surface area (Å²) in [5.41, 5.74) is 5.38. The fourth-order valence-electron chi connectivity index (χ4n) is 4.71. The zero-order valence-corrected chi connectivity index (χ0v) is 21.2. The number of rotatable bonds is 7. The lowest BCUT2D eigenvalue weighted by Crippen LogP contribution is -2.43. The number of phenols is 1. The predicted molar refractivity (Wildman–Crippen MR) is 138 cm³/mol. The summed E-state index contributed by atoms with van der Waals surface area (Å²) < 4.78 is 38.8. The van der Waals surface area contributed by atoms with Crippen LogP contribution in [0.1, 0.15) is 40.7 Å². The molecule has 0 aliphatic carbocycles. The van der Waals surface area contributed by atoms with Crippen LogP contribution in [0.2, 0.25) is 0 Å². The molecule has 10 nitrogen and oxygen atoms in total. The second kappa shape index (κ2) is 11.8. The van der Waals surface area contributed by atoms with Crippen LogP contribution in [-0.2, 0) is 17.5 Å². The van der Waals surface area contributed by atoms with Crippen LogP contribution in [0, 0.1) is 0 Å². The fourth-order valence-corrected chi connectivity index (χ4v) is 4.71. The average molecular weight is 549 g/mol. The number of alkyl halides is 3. The van der Waals surface area contributed by atoms with Gasteiger partial charge in [-0.1, -0.05) is 6.07 Å². The predicted octanol–water partition coefficient (Wildman–Crippen LogP) is 2.74. The molecule has 13 heteroatoms. The SMILES string of the molecule is Nc1ccc(C(F)(F)F)cc1C(=O)NCC(=O)NC1CCN(Cc2ccc(O)c(NC(=O)N3CCCC3)c2)C1. The normalized spacial score (nSPS) is 17.7. The Labute approximate surface area is 223 Å². The van der Waals surface area contributed by atoms with E-state index in [9.17, 15) is 32.7 Å². The number of urea groups is 1. The van der Waals surface area contributed by atoms with E-state index in [1.165, 1.54) is 6.07 Å². The van der Waals surface area contributed by atoms with Gasteiger partial charge in [0.2, 0.25) is 5.91 Å². The highest BCUT2D eigenvalue weighted by atomic mass is 19.4. The van der Waals surface area contributed by atoms with E-state index in [1.54, 1.807) is 17.0 Å². The average Bonchev–Trinajstić information content (AvgIpc) is 3.57. The molecule has 1 atom stereocenters. The first-order valence-electron chi connectivity index (χ1n) is 12.6. The number of nitrogens with two attached hydrogens (primary N) is 1. The topological polar surface area (TPSA) is 140 Å². The number of nitrogen functional groups attached to an aromatic ring is 1. The number of amides is 4. The maximum Gasteiger partial charge on any atom is 0.416 e. The van der Waals surface area contributed by atoms with Crippen molar-refractivity contribution in [2.45, 2.75) is 38.0 Å². The van der Waals surface area contributed by atoms with Crippen LogP contribution < -0.4 is 21.7 Å². The lowest BCUT2D eigenvalue weighted by atomic mass is 10.1. The Morgan fingerprint density at radius 3 is 2.51 bits per heavy atom. The van der Waals surface area contributed by atoms with E-state index in [-0.39, 0.29) is 29.1 Å². The molecule has 2 aliphatic rings. The Bertz CT molecular complexity index is 1230. The first kappa shape index (κ1) is 28.0. The summed E-state index contributed by atoms with van der Waals surface area (Å²) in [5.74, 6) is -1.37. The quantitative estimate of drug-likeness (QED) is 0.266. The highest BCUT2D eigenvalue weighted by Crippen LogP contribution is 2.31. The van der Waals surface area contributed by atoms with Gasteiger partial charge in [-0.25, -0.2) is 4.79 Å². The fraction of sp³-hybridized carbons (Fsp3) is 0.423. The number of nitrogens with one attached hydrogen (secondary N) is 3. The zero-order valence-electron chi connectivity index (χ0n) is 21.2. The van der Waals surface area contributed by atoms with Crippen LogP contribution in [0.15, 0.2) is 36.4 Å². The van der Waals surface area contributed by atoms with Gasteiger partial charge < -0.3 is 31.7 Å². The summed E-state index contributed by atoms with van der Waals surface area (Å²) in [4.78, 5) is 40.9. The third-order valence-corrected chi connectivity index (χ3v) is 6.77. The van der Waals surface area contributed by atoms with Gasteiger partial charge in [-0.3, -0.25) is 14.5 Å². The minimum absolute atomic E-state index is 0.0215. The lowest BCUT2D eigenvalue weighted by Gasteiger charge is -2.19. The Hall–Kier alpha value is -4.00. The monoisotopic (exact) mass is 548 g/mol. The second-order valence-corrected chi connectivity index (χ2v) is 9.75. The van der Waals surface area contributed by atoms with E-state index in [2.05, 4.69) is 20.9 Å². The maximum absolute atomic E-state index is 12.9. The van der Waals surface area contributed by atoms with Crippen LogP contribution >= 0.6 is 0 Å². The molecule has 2 aromatic rings. The van der Waals surface area contributed by atoms with Gasteiger partial charge in [0.15, 0.2) is 0 Å². The molecule has 2 fully saturated rings. The van der Waals surface area contributed by atoms with Gasteiger partial charge in [0.25, 0.3) is 5.91 Å². The van der Waals surface area contributed by atoms with E-state index >= 15 is 0 Å². The standard InChI is InChI=1S/C26H31F3N6O4/c27-26(28,29)17-4-5-20(30)19(12-17)24(38)31-13-23(37)32-18-7-10-34(15-18)14-16-3-6-22(36)21(11-16)33-25(39)35-8-1-2-9-35/h3-6,11-12,18,36H,1-2,7-10,13-15,30H2,(H,31,38)(H,32,37)(H,33,39). The Morgan fingerprint density at radius 2 is 1.79 bits per heavy atom. The summed E-state index contributed by atoms with van der Waals surface area (Å²) in [7, 11) is 0. The molecule has 6 N–H and O–H groups in total. The van der Waals surface area contributed by atoms with Gasteiger partial charge in [0.05, 0.1) is 23.4 Å². The van der Waals surface area contributed by atoms with Crippen molar-refractivity contribution in [3.05, 3.63) is 53.1 Å². The molecule has 0 bridgehead atoms. The second-order valence-electron chi connectivity index (χ2n) is 9.75. The minimum atomic E-state index is -4.63. The van der Waals surface area contributed by atoms with Crippen molar-refractivity contribution >= 4 is 29.2 Å². The first-order valence-corrected chi connectivity index (χ1v) is 12.6. The van der Waals surface area contributed by atoms with Crippen LogP contribution in [0.5, 0.6) is 5.75 Å². The molecule has 4 rings (SSSR count). The lowest BCUT2D eigenvalue weighted by molar-refractivity contribution is -0.137. The number of hydrogen-bond acceptors (Lipinski definition) is 6. The number of anilines is 2. The van der Waals surface area contributed by atoms with E-state index in [1.807, 2.05) is 0 Å². The molecule has 2 saturated heterocycles. The highest BCUT2D eigenvalue weighted by Gasteiger charge is 2.32. The number of hydrogen-bond donors (Lipinski definition) is 5. The molecule has 39 heavy (non-hydrogen) atoms. The number of benzene rings is 2. The molecule has 0 aromatic heterocycles. The van der Waals surface area contributed by atoms with Crippen molar-refractivity contribution in [3.63, 3.8) is 0 Å². The van der Waals surface area contributed by atoms with Crippen molar-refractivity contribution in [1.82, 2.24) is 20.4 Å². The number of nitrogens with zero attached hydrogens (tertiary/aromatic N) is 2. The van der Waals surface area contributed by atoms with E-state index in [0.717, 1.165) is 30.5 Å². The molecule has 2 heterocycles. The van der Waals surface area contributed by atoms with Crippen LogP contribution in [-0.4, -0.2) is 71.5 Å². The molecule has 4 amide bonds. The van der Waals surface area contributed by atoms with Crippen molar-refractivity contribution in [3.8, 4) is 5.75 Å². The first-order chi connectivity index (χ1) is 18.5. The smallest absolute Gasteiger partial charge is 0.416 e. The third-order valence-electron chi connectivity index (χ3n) is 6.77. The molecule has 2 aromatic carbocycles. The molecular formula is C26H31F3N6O4. The van der Waals surface area contributed by atoms with Crippen LogP contribution in [0.4, 0.5) is 29.3 Å². The van der Waals surface area contributed by atoms with Gasteiger partial charge in [-0.2, -0.15) is 13.2 Å². The summed E-state index contributed by atoms with van der Waals surface area (Å²) in [6, 6.07) is 7.05. The van der Waals surface area contributed by atoms with Gasteiger partial charge in [0, 0.05) is 44.5 Å². The highest BCUT2D eigenvalue weighted by molar-refractivity contribution is 6.01. The summed E-state index contributed by atoms with van der Waals surface area (Å²) in [5, 5.41) is 18.1. The van der Waals surface area contributed by atoms with Crippen LogP contribution in [0.25, 0.3) is 0 Å². The molecule has 0 saturated carbocycles. The van der Waals surface area contributed by atoms with Crippen LogP contribution in [0.3, 0.4) is 0 Å². The van der Waals surface area contributed by atoms with Gasteiger partial charge in [-0.15, -0.1) is 0 Å². The zero-order chi connectivity index (χ0) is 28.2. The molecule has 0 spiro atoms. The Morgan fingerprint density at radius 1 is 1.05 bits per heavy atom. The summed E-state index contributed by atoms with van der Waals surface area (Å²) >= 11 is 0. The van der Waals surface area contributed by atoms with Crippen molar-refractivity contribution in [2.75, 3.05) is 43.8 Å². The van der Waals surface area contributed by atoms with Gasteiger partial charge >= 0.3 is 12.2 Å². The third kappa shape index (κ3) is 7.31. The molecule has 1 unspecified atom stereocenters. The van der Waals surface area contributed by atoms with Gasteiger partial charge in [-0.05, 0) is 55.2 Å². The van der Waals surface area contributed by atoms with E-state index in [0.29, 0.717) is 50.9 Å². The Kier molecular flexibility index (Phi) is 8.48. The number of halogens is 3. The number of aromatic hydroxyl groups is 1. The summed E-state index contributed by atoms with van der Waals surface area (Å²) in [6.45, 7) is 2.73. The number of carbonyl (C=O) groups is 3. The molecule has 2 aliphatic heterocycles. The van der Waals surface area contributed by atoms with E-state index in [4.69, 9.17) is 5.73 Å². The largest absolute Gasteiger partial charge is 0.506 e. The molecule has 210 valence electrons. The van der Waals surface area contributed by atoms with Crippen molar-refractivity contribution in [1.29, 1.82) is 0 Å². The molecular weight excluding hydrogens is 517 g/mol. The van der Waals surface area contributed by atoms with Crippen molar-refractivity contribution in [2.24, 2.45) is 0 Å². The number of phenolic OH excluding ortho intramolecular Hbond substituents is 1. The molecule has 0 radical (unpaired) electrons. The minimum Gasteiger partial charge on any atom is -0.506 e.